The zero-order valence-electron chi connectivity index (χ0n) is 7.89. The van der Waals surface area contributed by atoms with Gasteiger partial charge in [0.25, 0.3) is 0 Å². The first-order chi connectivity index (χ1) is 6.20. The second kappa shape index (κ2) is 4.33. The van der Waals surface area contributed by atoms with Gasteiger partial charge in [0.05, 0.1) is 5.02 Å². The molecule has 0 saturated carbocycles. The molecule has 0 bridgehead atoms. The average Bonchev–Trinajstić information content (AvgIpc) is 2.40. The van der Waals surface area contributed by atoms with Crippen LogP contribution in [0, 0.1) is 6.92 Å². The van der Waals surface area contributed by atoms with Gasteiger partial charge in [-0.15, -0.1) is 6.58 Å². The van der Waals surface area contributed by atoms with Crippen molar-refractivity contribution in [3.05, 3.63) is 41.7 Å². The summed E-state index contributed by atoms with van der Waals surface area (Å²) >= 11 is 6.00. The molecule has 0 aliphatic heterocycles. The molecule has 0 saturated heterocycles. The molecule has 1 heterocycles. The summed E-state index contributed by atoms with van der Waals surface area (Å²) in [7, 11) is 0. The molecule has 0 N–H and O–H groups in total. The van der Waals surface area contributed by atoms with Crippen LogP contribution >= 0.6 is 11.6 Å². The van der Waals surface area contributed by atoms with E-state index in [4.69, 9.17) is 11.6 Å². The van der Waals surface area contributed by atoms with E-state index < -0.39 is 0 Å². The number of aromatic nitrogens is 1. The molecule has 0 radical (unpaired) electrons. The Hall–Kier alpha value is -0.950. The van der Waals surface area contributed by atoms with E-state index in [1.165, 1.54) is 0 Å². The highest BCUT2D eigenvalue weighted by molar-refractivity contribution is 6.31. The molecular formula is C11H14ClN. The quantitative estimate of drug-likeness (QED) is 0.647. The second-order valence-corrected chi connectivity index (χ2v) is 3.34. The highest BCUT2D eigenvalue weighted by atomic mass is 35.5. The molecule has 2 heteroatoms. The Morgan fingerprint density at radius 1 is 1.54 bits per heavy atom. The maximum atomic E-state index is 6.00. The fourth-order valence-electron chi connectivity index (χ4n) is 1.32. The molecule has 1 nitrogen and oxygen atoms in total. The van der Waals surface area contributed by atoms with Crippen LogP contribution in [-0.4, -0.2) is 4.57 Å². The lowest BCUT2D eigenvalue weighted by Crippen LogP contribution is -2.01. The molecule has 0 aliphatic carbocycles. The summed E-state index contributed by atoms with van der Waals surface area (Å²) < 4.78 is 2.15. The molecule has 0 atom stereocenters. The molecule has 0 spiro atoms. The third-order valence-electron chi connectivity index (χ3n) is 2.10. The van der Waals surface area contributed by atoms with Crippen LogP contribution < -0.4 is 0 Å². The third-order valence-corrected chi connectivity index (χ3v) is 2.49. The molecule has 1 aromatic heterocycles. The van der Waals surface area contributed by atoms with Gasteiger partial charge in [0.1, 0.15) is 0 Å². The van der Waals surface area contributed by atoms with Gasteiger partial charge in [0.2, 0.25) is 0 Å². The number of rotatable bonds is 4. The van der Waals surface area contributed by atoms with Crippen molar-refractivity contribution in [1.29, 1.82) is 0 Å². The van der Waals surface area contributed by atoms with Crippen molar-refractivity contribution >= 4 is 17.7 Å². The van der Waals surface area contributed by atoms with Crippen molar-refractivity contribution in [2.24, 2.45) is 0 Å². The van der Waals surface area contributed by atoms with E-state index in [0.717, 1.165) is 29.4 Å². The van der Waals surface area contributed by atoms with Crippen LogP contribution in [0.25, 0.3) is 6.08 Å². The lowest BCUT2D eigenvalue weighted by Gasteiger charge is -2.06. The van der Waals surface area contributed by atoms with Gasteiger partial charge in [-0.2, -0.15) is 0 Å². The van der Waals surface area contributed by atoms with Crippen molar-refractivity contribution in [1.82, 2.24) is 4.57 Å². The van der Waals surface area contributed by atoms with Crippen molar-refractivity contribution in [3.63, 3.8) is 0 Å². The zero-order chi connectivity index (χ0) is 9.84. The number of allylic oxidation sites excluding steroid dienone is 1. The van der Waals surface area contributed by atoms with Crippen LogP contribution in [0.15, 0.2) is 25.3 Å². The lowest BCUT2D eigenvalue weighted by atomic mass is 10.4. The Balaban J connectivity index is 3.00. The van der Waals surface area contributed by atoms with Gasteiger partial charge < -0.3 is 4.57 Å². The van der Waals surface area contributed by atoms with Crippen molar-refractivity contribution in [2.45, 2.75) is 19.9 Å². The summed E-state index contributed by atoms with van der Waals surface area (Å²) in [5.74, 6) is 0. The Labute approximate surface area is 84.3 Å². The van der Waals surface area contributed by atoms with Gasteiger partial charge in [-0.1, -0.05) is 24.3 Å². The maximum Gasteiger partial charge on any atom is 0.0618 e. The molecule has 1 aromatic rings. The molecular weight excluding hydrogens is 182 g/mol. The number of hydrogen-bond acceptors (Lipinski definition) is 0. The monoisotopic (exact) mass is 195 g/mol. The smallest absolute Gasteiger partial charge is 0.0618 e. The van der Waals surface area contributed by atoms with Crippen LogP contribution in [-0.2, 0) is 6.54 Å². The molecule has 1 rings (SSSR count). The van der Waals surface area contributed by atoms with Gasteiger partial charge in [0, 0.05) is 17.9 Å². The number of halogens is 1. The molecule has 0 aliphatic rings. The summed E-state index contributed by atoms with van der Waals surface area (Å²) in [4.78, 5) is 0. The van der Waals surface area contributed by atoms with E-state index in [1.807, 2.05) is 25.1 Å². The Bertz CT molecular complexity index is 323. The molecule has 13 heavy (non-hydrogen) atoms. The largest absolute Gasteiger partial charge is 0.344 e. The van der Waals surface area contributed by atoms with Crippen LogP contribution in [0.4, 0.5) is 0 Å². The normalized spacial score (nSPS) is 10.0. The van der Waals surface area contributed by atoms with Gasteiger partial charge in [0.15, 0.2) is 0 Å². The minimum absolute atomic E-state index is 0.805. The minimum Gasteiger partial charge on any atom is -0.344 e. The summed E-state index contributed by atoms with van der Waals surface area (Å²) in [6.07, 6.45) is 4.68. The van der Waals surface area contributed by atoms with E-state index >= 15 is 0 Å². The molecule has 0 unspecified atom stereocenters. The highest BCUT2D eigenvalue weighted by Crippen LogP contribution is 2.21. The summed E-state index contributed by atoms with van der Waals surface area (Å²) in [6, 6.07) is 1.94. The standard InChI is InChI=1S/C11H14ClN/c1-4-6-7-13-9(3)11(12)8-10(13)5-2/h4-5,8H,1-2,6-7H2,3H3. The van der Waals surface area contributed by atoms with Gasteiger partial charge >= 0.3 is 0 Å². The van der Waals surface area contributed by atoms with Crippen molar-refractivity contribution in [2.75, 3.05) is 0 Å². The maximum absolute atomic E-state index is 6.00. The predicted molar refractivity (Wildman–Crippen MR) is 59.1 cm³/mol. The van der Waals surface area contributed by atoms with E-state index in [1.54, 1.807) is 0 Å². The van der Waals surface area contributed by atoms with E-state index in [9.17, 15) is 0 Å². The molecule has 0 aromatic carbocycles. The van der Waals surface area contributed by atoms with E-state index in [2.05, 4.69) is 17.7 Å². The first-order valence-electron chi connectivity index (χ1n) is 4.29. The Kier molecular flexibility index (Phi) is 3.38. The first-order valence-corrected chi connectivity index (χ1v) is 4.67. The average molecular weight is 196 g/mol. The van der Waals surface area contributed by atoms with Crippen LogP contribution in [0.5, 0.6) is 0 Å². The van der Waals surface area contributed by atoms with Gasteiger partial charge in [-0.05, 0) is 25.5 Å². The Morgan fingerprint density at radius 2 is 2.23 bits per heavy atom. The molecule has 0 fully saturated rings. The zero-order valence-corrected chi connectivity index (χ0v) is 8.64. The summed E-state index contributed by atoms with van der Waals surface area (Å²) in [6.45, 7) is 10.4. The van der Waals surface area contributed by atoms with Gasteiger partial charge in [-0.25, -0.2) is 0 Å². The van der Waals surface area contributed by atoms with Crippen LogP contribution in [0.1, 0.15) is 17.8 Å². The summed E-state index contributed by atoms with van der Waals surface area (Å²) in [5, 5.41) is 0.805. The minimum atomic E-state index is 0.805. The van der Waals surface area contributed by atoms with E-state index in [-0.39, 0.29) is 0 Å². The molecule has 70 valence electrons. The van der Waals surface area contributed by atoms with Gasteiger partial charge in [-0.3, -0.25) is 0 Å². The fraction of sp³-hybridized carbons (Fsp3) is 0.273. The van der Waals surface area contributed by atoms with Crippen LogP contribution in [0.3, 0.4) is 0 Å². The first kappa shape index (κ1) is 10.1. The number of hydrogen-bond donors (Lipinski definition) is 0. The highest BCUT2D eigenvalue weighted by Gasteiger charge is 2.06. The SMILES string of the molecule is C=CCCn1c(C=C)cc(Cl)c1C. The topological polar surface area (TPSA) is 4.93 Å². The van der Waals surface area contributed by atoms with Crippen molar-refractivity contribution in [3.8, 4) is 0 Å². The predicted octanol–water partition coefficient (Wildman–Crippen LogP) is 3.67. The van der Waals surface area contributed by atoms with Crippen molar-refractivity contribution < 1.29 is 0 Å². The fourth-order valence-corrected chi connectivity index (χ4v) is 1.53. The Morgan fingerprint density at radius 3 is 2.77 bits per heavy atom. The second-order valence-electron chi connectivity index (χ2n) is 2.94. The third kappa shape index (κ3) is 2.04. The van der Waals surface area contributed by atoms with E-state index in [0.29, 0.717) is 0 Å². The van der Waals surface area contributed by atoms with Crippen LogP contribution in [0.2, 0.25) is 5.02 Å². The summed E-state index contributed by atoms with van der Waals surface area (Å²) in [5.41, 5.74) is 2.17. The lowest BCUT2D eigenvalue weighted by molar-refractivity contribution is 0.689. The number of nitrogens with zero attached hydrogens (tertiary/aromatic N) is 1. The molecule has 0 amide bonds.